The molecule has 0 aromatic heterocycles. The molecule has 100 valence electrons. The number of rotatable bonds is 7. The minimum atomic E-state index is -0.352. The van der Waals surface area contributed by atoms with Crippen molar-refractivity contribution in [1.82, 2.24) is 4.90 Å². The maximum atomic E-state index is 10.9. The highest BCUT2D eigenvalue weighted by molar-refractivity contribution is 5.44. The van der Waals surface area contributed by atoms with Crippen molar-refractivity contribution >= 4 is 5.69 Å². The van der Waals surface area contributed by atoms with E-state index in [1.807, 2.05) is 6.07 Å². The van der Waals surface area contributed by atoms with Crippen molar-refractivity contribution < 1.29 is 10.0 Å². The number of nitro benzene ring substituents is 1. The number of hydrogen-bond donors (Lipinski definition) is 1. The van der Waals surface area contributed by atoms with E-state index < -0.39 is 0 Å². The molecule has 0 aliphatic heterocycles. The van der Waals surface area contributed by atoms with Crippen LogP contribution in [0.1, 0.15) is 24.5 Å². The Morgan fingerprint density at radius 2 is 2.11 bits per heavy atom. The van der Waals surface area contributed by atoms with Gasteiger partial charge >= 0.3 is 0 Å². The van der Waals surface area contributed by atoms with Crippen LogP contribution in [-0.2, 0) is 6.54 Å². The van der Waals surface area contributed by atoms with E-state index in [-0.39, 0.29) is 17.2 Å². The van der Waals surface area contributed by atoms with E-state index in [0.29, 0.717) is 18.7 Å². The fourth-order valence-corrected chi connectivity index (χ4v) is 2.01. The van der Waals surface area contributed by atoms with Crippen molar-refractivity contribution in [1.29, 1.82) is 0 Å². The Labute approximate surface area is 107 Å². The number of nitro groups is 1. The van der Waals surface area contributed by atoms with Crippen LogP contribution in [-0.4, -0.2) is 34.6 Å². The summed E-state index contributed by atoms with van der Waals surface area (Å²) in [5.74, 6) is 0. The molecule has 18 heavy (non-hydrogen) atoms. The molecule has 5 nitrogen and oxygen atoms in total. The zero-order valence-corrected chi connectivity index (χ0v) is 10.9. The molecular weight excluding hydrogens is 232 g/mol. The third-order valence-corrected chi connectivity index (χ3v) is 2.96. The van der Waals surface area contributed by atoms with Crippen molar-refractivity contribution in [3.05, 3.63) is 39.4 Å². The van der Waals surface area contributed by atoms with Crippen LogP contribution in [0, 0.1) is 17.0 Å². The normalized spacial score (nSPS) is 10.9. The summed E-state index contributed by atoms with van der Waals surface area (Å²) in [4.78, 5) is 12.6. The quantitative estimate of drug-likeness (QED) is 0.596. The van der Waals surface area contributed by atoms with Gasteiger partial charge in [0.1, 0.15) is 0 Å². The molecule has 1 N–H and O–H groups in total. The van der Waals surface area contributed by atoms with Crippen molar-refractivity contribution in [3.8, 4) is 0 Å². The molecule has 0 heterocycles. The van der Waals surface area contributed by atoms with E-state index in [2.05, 4.69) is 11.8 Å². The minimum Gasteiger partial charge on any atom is -0.395 e. The monoisotopic (exact) mass is 252 g/mol. The van der Waals surface area contributed by atoms with Crippen LogP contribution < -0.4 is 0 Å². The van der Waals surface area contributed by atoms with Gasteiger partial charge in [-0.15, -0.1) is 0 Å². The van der Waals surface area contributed by atoms with Crippen LogP contribution in [0.25, 0.3) is 0 Å². The van der Waals surface area contributed by atoms with Crippen molar-refractivity contribution in [3.63, 3.8) is 0 Å². The maximum Gasteiger partial charge on any atom is 0.272 e. The molecule has 0 saturated heterocycles. The lowest BCUT2D eigenvalue weighted by Crippen LogP contribution is -2.27. The standard InChI is InChI=1S/C13H20N2O3/c1-3-7-14(8-9-16)10-12-5-4-6-13(11(12)2)15(17)18/h4-6,16H,3,7-10H2,1-2H3. The Kier molecular flexibility index (Phi) is 5.74. The molecule has 1 aromatic carbocycles. The highest BCUT2D eigenvalue weighted by atomic mass is 16.6. The highest BCUT2D eigenvalue weighted by Gasteiger charge is 2.14. The van der Waals surface area contributed by atoms with Gasteiger partial charge in [-0.25, -0.2) is 0 Å². The van der Waals surface area contributed by atoms with E-state index in [1.54, 1.807) is 13.0 Å². The fourth-order valence-electron chi connectivity index (χ4n) is 2.01. The second kappa shape index (κ2) is 7.08. The Morgan fingerprint density at radius 3 is 2.67 bits per heavy atom. The van der Waals surface area contributed by atoms with Gasteiger partial charge in [0.15, 0.2) is 0 Å². The summed E-state index contributed by atoms with van der Waals surface area (Å²) < 4.78 is 0. The van der Waals surface area contributed by atoms with Crippen LogP contribution in [0.5, 0.6) is 0 Å². The van der Waals surface area contributed by atoms with E-state index in [9.17, 15) is 10.1 Å². The maximum absolute atomic E-state index is 10.9. The lowest BCUT2D eigenvalue weighted by molar-refractivity contribution is -0.385. The number of benzene rings is 1. The van der Waals surface area contributed by atoms with Gasteiger partial charge in [-0.05, 0) is 25.5 Å². The molecule has 0 amide bonds. The van der Waals surface area contributed by atoms with Gasteiger partial charge in [0.05, 0.1) is 11.5 Å². The predicted octanol–water partition coefficient (Wildman–Crippen LogP) is 2.11. The summed E-state index contributed by atoms with van der Waals surface area (Å²) in [7, 11) is 0. The lowest BCUT2D eigenvalue weighted by atomic mass is 10.1. The molecule has 0 spiro atoms. The van der Waals surface area contributed by atoms with Crippen molar-refractivity contribution in [2.24, 2.45) is 0 Å². The second-order valence-electron chi connectivity index (χ2n) is 4.32. The smallest absolute Gasteiger partial charge is 0.272 e. The molecular formula is C13H20N2O3. The van der Waals surface area contributed by atoms with Gasteiger partial charge in [-0.3, -0.25) is 15.0 Å². The van der Waals surface area contributed by atoms with Gasteiger partial charge < -0.3 is 5.11 Å². The molecule has 5 heteroatoms. The van der Waals surface area contributed by atoms with Crippen LogP contribution in [0.3, 0.4) is 0 Å². The van der Waals surface area contributed by atoms with Gasteiger partial charge in [0, 0.05) is 24.7 Å². The fraction of sp³-hybridized carbons (Fsp3) is 0.538. The minimum absolute atomic E-state index is 0.105. The van der Waals surface area contributed by atoms with E-state index in [1.165, 1.54) is 6.07 Å². The first kappa shape index (κ1) is 14.6. The summed E-state index contributed by atoms with van der Waals surface area (Å²) >= 11 is 0. The van der Waals surface area contributed by atoms with E-state index in [0.717, 1.165) is 18.5 Å². The van der Waals surface area contributed by atoms with Gasteiger partial charge in [-0.2, -0.15) is 0 Å². The second-order valence-corrected chi connectivity index (χ2v) is 4.32. The molecule has 0 atom stereocenters. The Balaban J connectivity index is 2.88. The Bertz CT molecular complexity index is 401. The van der Waals surface area contributed by atoms with Crippen molar-refractivity contribution in [2.75, 3.05) is 19.7 Å². The molecule has 0 unspecified atom stereocenters. The van der Waals surface area contributed by atoms with Crippen LogP contribution in [0.15, 0.2) is 18.2 Å². The average Bonchev–Trinajstić information content (AvgIpc) is 2.32. The molecule has 0 aliphatic carbocycles. The average molecular weight is 252 g/mol. The zero-order valence-electron chi connectivity index (χ0n) is 10.9. The molecule has 1 rings (SSSR count). The number of nitrogens with zero attached hydrogens (tertiary/aromatic N) is 2. The summed E-state index contributed by atoms with van der Waals surface area (Å²) in [6.45, 7) is 6.07. The van der Waals surface area contributed by atoms with Gasteiger partial charge in [0.2, 0.25) is 0 Å². The summed E-state index contributed by atoms with van der Waals surface area (Å²) in [5.41, 5.74) is 1.82. The largest absolute Gasteiger partial charge is 0.395 e. The number of aliphatic hydroxyl groups excluding tert-OH is 1. The molecule has 1 aromatic rings. The van der Waals surface area contributed by atoms with Crippen molar-refractivity contribution in [2.45, 2.75) is 26.8 Å². The summed E-state index contributed by atoms with van der Waals surface area (Å²) in [6, 6.07) is 5.14. The first-order valence-corrected chi connectivity index (χ1v) is 6.16. The highest BCUT2D eigenvalue weighted by Crippen LogP contribution is 2.22. The summed E-state index contributed by atoms with van der Waals surface area (Å²) in [6.07, 6.45) is 0.994. The molecule has 0 aliphatic rings. The first-order valence-electron chi connectivity index (χ1n) is 6.16. The zero-order chi connectivity index (χ0) is 13.5. The third-order valence-electron chi connectivity index (χ3n) is 2.96. The Morgan fingerprint density at radius 1 is 1.39 bits per heavy atom. The number of aliphatic hydroxyl groups is 1. The van der Waals surface area contributed by atoms with E-state index >= 15 is 0 Å². The first-order chi connectivity index (χ1) is 8.60. The lowest BCUT2D eigenvalue weighted by Gasteiger charge is -2.21. The molecule has 0 saturated carbocycles. The van der Waals surface area contributed by atoms with Gasteiger partial charge in [0.25, 0.3) is 5.69 Å². The van der Waals surface area contributed by atoms with E-state index in [4.69, 9.17) is 5.11 Å². The molecule has 0 radical (unpaired) electrons. The molecule has 0 fully saturated rings. The SMILES string of the molecule is CCCN(CCO)Cc1cccc([N+](=O)[O-])c1C. The predicted molar refractivity (Wildman–Crippen MR) is 70.5 cm³/mol. The number of hydrogen-bond acceptors (Lipinski definition) is 4. The third kappa shape index (κ3) is 3.78. The van der Waals surface area contributed by atoms with Crippen LogP contribution >= 0.6 is 0 Å². The van der Waals surface area contributed by atoms with Crippen LogP contribution in [0.4, 0.5) is 5.69 Å². The van der Waals surface area contributed by atoms with Gasteiger partial charge in [-0.1, -0.05) is 19.1 Å². The van der Waals surface area contributed by atoms with Crippen LogP contribution in [0.2, 0.25) is 0 Å². The summed E-state index contributed by atoms with van der Waals surface area (Å²) in [5, 5.41) is 19.9. The topological polar surface area (TPSA) is 66.6 Å². The Hall–Kier alpha value is -1.46. The molecule has 0 bridgehead atoms.